The van der Waals surface area contributed by atoms with E-state index in [0.29, 0.717) is 31.0 Å². The van der Waals surface area contributed by atoms with Crippen LogP contribution in [0, 0.1) is 5.92 Å². The van der Waals surface area contributed by atoms with Gasteiger partial charge in [0, 0.05) is 25.1 Å². The van der Waals surface area contributed by atoms with Crippen molar-refractivity contribution in [2.75, 3.05) is 13.2 Å². The van der Waals surface area contributed by atoms with E-state index in [2.05, 4.69) is 23.1 Å². The lowest BCUT2D eigenvalue weighted by Gasteiger charge is -2.17. The third-order valence-electron chi connectivity index (χ3n) is 5.96. The van der Waals surface area contributed by atoms with Crippen molar-refractivity contribution in [3.63, 3.8) is 0 Å². The van der Waals surface area contributed by atoms with Crippen molar-refractivity contribution >= 4 is 35.1 Å². The van der Waals surface area contributed by atoms with Gasteiger partial charge in [-0.1, -0.05) is 62.9 Å². The van der Waals surface area contributed by atoms with Crippen molar-refractivity contribution in [2.45, 2.75) is 52.0 Å². The molecule has 192 valence electrons. The zero-order valence-corrected chi connectivity index (χ0v) is 21.4. The highest BCUT2D eigenvalue weighted by Gasteiger charge is 2.34. The number of hydrogen-bond donors (Lipinski definition) is 3. The summed E-state index contributed by atoms with van der Waals surface area (Å²) in [4.78, 5) is 38.9. The quantitative estimate of drug-likeness (QED) is 0.242. The van der Waals surface area contributed by atoms with Gasteiger partial charge in [0.2, 0.25) is 11.8 Å². The molecule has 1 unspecified atom stereocenters. The molecule has 1 heterocycles. The normalized spacial score (nSPS) is 14.9. The second-order valence-corrected chi connectivity index (χ2v) is 9.25. The minimum atomic E-state index is -0.494. The van der Waals surface area contributed by atoms with Gasteiger partial charge in [0.05, 0.1) is 12.5 Å². The van der Waals surface area contributed by atoms with E-state index in [9.17, 15) is 14.4 Å². The Labute approximate surface area is 217 Å². The van der Waals surface area contributed by atoms with Crippen LogP contribution >= 0.6 is 12.2 Å². The predicted molar refractivity (Wildman–Crippen MR) is 142 cm³/mol. The summed E-state index contributed by atoms with van der Waals surface area (Å²) in [6, 6.07) is 16.5. The minimum absolute atomic E-state index is 0.0359. The van der Waals surface area contributed by atoms with Crippen LogP contribution in [0.5, 0.6) is 5.75 Å². The third kappa shape index (κ3) is 8.64. The SMILES string of the molecule is CCCCCCCOc1ccc(C(=O)NC(=S)NNC(=O)C2CC(=O)N(Cc3ccccc3)C2)cc1. The summed E-state index contributed by atoms with van der Waals surface area (Å²) in [5, 5.41) is 2.50. The topological polar surface area (TPSA) is 99.8 Å². The molecule has 0 aromatic heterocycles. The number of hydrazine groups is 1. The highest BCUT2D eigenvalue weighted by atomic mass is 32.1. The molecular formula is C27H34N4O4S. The van der Waals surface area contributed by atoms with Crippen molar-refractivity contribution in [1.29, 1.82) is 0 Å². The van der Waals surface area contributed by atoms with E-state index in [1.165, 1.54) is 19.3 Å². The number of amides is 3. The smallest absolute Gasteiger partial charge is 0.257 e. The molecular weight excluding hydrogens is 476 g/mol. The molecule has 0 bridgehead atoms. The zero-order valence-electron chi connectivity index (χ0n) is 20.6. The number of rotatable bonds is 11. The number of thiocarbonyl (C=S) groups is 1. The van der Waals surface area contributed by atoms with E-state index in [1.807, 2.05) is 30.3 Å². The van der Waals surface area contributed by atoms with E-state index < -0.39 is 11.8 Å². The van der Waals surface area contributed by atoms with Crippen LogP contribution < -0.4 is 20.9 Å². The molecule has 36 heavy (non-hydrogen) atoms. The molecule has 0 radical (unpaired) electrons. The Kier molecular flexibility index (Phi) is 10.7. The van der Waals surface area contributed by atoms with E-state index in [1.54, 1.807) is 29.2 Å². The molecule has 1 saturated heterocycles. The first-order chi connectivity index (χ1) is 17.5. The van der Waals surface area contributed by atoms with Gasteiger partial charge >= 0.3 is 0 Å². The maximum Gasteiger partial charge on any atom is 0.257 e. The summed E-state index contributed by atoms with van der Waals surface area (Å²) in [7, 11) is 0. The molecule has 1 atom stereocenters. The molecule has 0 spiro atoms. The van der Waals surface area contributed by atoms with Gasteiger partial charge in [-0.2, -0.15) is 0 Å². The van der Waals surface area contributed by atoms with Crippen LogP contribution in [0.15, 0.2) is 54.6 Å². The molecule has 3 rings (SSSR count). The summed E-state index contributed by atoms with van der Waals surface area (Å²) < 4.78 is 5.72. The first-order valence-electron chi connectivity index (χ1n) is 12.4. The standard InChI is InChI=1S/C27H34N4O4S/c1-2-3-4-5-9-16-35-23-14-12-21(13-15-23)25(33)28-27(36)30-29-26(34)22-17-24(32)31(19-22)18-20-10-7-6-8-11-20/h6-8,10-15,22H,2-5,9,16-19H2,1H3,(H,29,34)(H2,28,30,33,36). The Balaban J connectivity index is 1.36. The van der Waals surface area contributed by atoms with Crippen molar-refractivity contribution in [3.8, 4) is 5.75 Å². The van der Waals surface area contributed by atoms with Gasteiger partial charge in [-0.05, 0) is 48.5 Å². The summed E-state index contributed by atoms with van der Waals surface area (Å²) >= 11 is 5.12. The number of carbonyl (C=O) groups is 3. The lowest BCUT2D eigenvalue weighted by atomic mass is 10.1. The highest BCUT2D eigenvalue weighted by molar-refractivity contribution is 7.80. The van der Waals surface area contributed by atoms with Crippen molar-refractivity contribution in [2.24, 2.45) is 5.92 Å². The third-order valence-corrected chi connectivity index (χ3v) is 6.17. The number of nitrogens with zero attached hydrogens (tertiary/aromatic N) is 1. The Hall–Kier alpha value is -3.46. The summed E-state index contributed by atoms with van der Waals surface area (Å²) in [6.45, 7) is 3.63. The number of likely N-dealkylation sites (tertiary alicyclic amines) is 1. The maximum absolute atomic E-state index is 12.5. The van der Waals surface area contributed by atoms with Gasteiger partial charge in [0.15, 0.2) is 5.11 Å². The molecule has 3 amide bonds. The molecule has 1 aliphatic heterocycles. The Morgan fingerprint density at radius 3 is 2.44 bits per heavy atom. The fraction of sp³-hybridized carbons (Fsp3) is 0.407. The summed E-state index contributed by atoms with van der Waals surface area (Å²) in [5.74, 6) is -0.614. The fourth-order valence-corrected chi connectivity index (χ4v) is 4.07. The van der Waals surface area contributed by atoms with Crippen LogP contribution in [0.25, 0.3) is 0 Å². The van der Waals surface area contributed by atoms with Crippen LogP contribution in [0.4, 0.5) is 0 Å². The van der Waals surface area contributed by atoms with Crippen LogP contribution in [0.2, 0.25) is 0 Å². The fourth-order valence-electron chi connectivity index (χ4n) is 3.93. The van der Waals surface area contributed by atoms with Gasteiger partial charge in [-0.25, -0.2) is 0 Å². The number of carbonyl (C=O) groups excluding carboxylic acids is 3. The highest BCUT2D eigenvalue weighted by Crippen LogP contribution is 2.20. The van der Waals surface area contributed by atoms with Crippen molar-refractivity contribution in [3.05, 3.63) is 65.7 Å². The number of benzene rings is 2. The molecule has 0 aliphatic carbocycles. The molecule has 2 aromatic rings. The summed E-state index contributed by atoms with van der Waals surface area (Å²) in [5.41, 5.74) is 6.46. The van der Waals surface area contributed by atoms with Gasteiger partial charge in [0.25, 0.3) is 5.91 Å². The number of unbranched alkanes of at least 4 members (excludes halogenated alkanes) is 4. The Morgan fingerprint density at radius 1 is 1.00 bits per heavy atom. The first kappa shape index (κ1) is 27.1. The van der Waals surface area contributed by atoms with Crippen molar-refractivity contribution < 1.29 is 19.1 Å². The molecule has 9 heteroatoms. The average molecular weight is 511 g/mol. The zero-order chi connectivity index (χ0) is 25.8. The van der Waals surface area contributed by atoms with Gasteiger partial charge in [-0.15, -0.1) is 0 Å². The van der Waals surface area contributed by atoms with Gasteiger partial charge < -0.3 is 9.64 Å². The molecule has 2 aromatic carbocycles. The summed E-state index contributed by atoms with van der Waals surface area (Å²) in [6.07, 6.45) is 5.97. The molecule has 1 aliphatic rings. The number of hydrogen-bond acceptors (Lipinski definition) is 5. The van der Waals surface area contributed by atoms with Crippen molar-refractivity contribution in [1.82, 2.24) is 21.1 Å². The monoisotopic (exact) mass is 510 g/mol. The second kappa shape index (κ2) is 14.2. The predicted octanol–water partition coefficient (Wildman–Crippen LogP) is 3.72. The van der Waals surface area contributed by atoms with E-state index in [-0.39, 0.29) is 23.3 Å². The average Bonchev–Trinajstić information content (AvgIpc) is 3.25. The Bertz CT molecular complexity index is 1030. The second-order valence-electron chi connectivity index (χ2n) is 8.85. The van der Waals surface area contributed by atoms with Crippen LogP contribution in [0.1, 0.15) is 61.4 Å². The molecule has 1 fully saturated rings. The molecule has 0 saturated carbocycles. The van der Waals surface area contributed by atoms with Crippen LogP contribution in [-0.4, -0.2) is 40.9 Å². The Morgan fingerprint density at radius 2 is 1.72 bits per heavy atom. The lowest BCUT2D eigenvalue weighted by Crippen LogP contribution is -2.50. The van der Waals surface area contributed by atoms with Crippen LogP contribution in [-0.2, 0) is 16.1 Å². The molecule has 8 nitrogen and oxygen atoms in total. The van der Waals surface area contributed by atoms with E-state index in [4.69, 9.17) is 17.0 Å². The minimum Gasteiger partial charge on any atom is -0.494 e. The molecule has 3 N–H and O–H groups in total. The first-order valence-corrected chi connectivity index (χ1v) is 12.8. The number of ether oxygens (including phenoxy) is 1. The lowest BCUT2D eigenvalue weighted by molar-refractivity contribution is -0.129. The largest absolute Gasteiger partial charge is 0.494 e. The van der Waals surface area contributed by atoms with E-state index in [0.717, 1.165) is 18.4 Å². The number of nitrogens with one attached hydrogen (secondary N) is 3. The van der Waals surface area contributed by atoms with Crippen LogP contribution in [0.3, 0.4) is 0 Å². The van der Waals surface area contributed by atoms with Gasteiger partial charge in [-0.3, -0.25) is 30.6 Å². The maximum atomic E-state index is 12.5. The van der Waals surface area contributed by atoms with Gasteiger partial charge in [0.1, 0.15) is 5.75 Å². The van der Waals surface area contributed by atoms with E-state index >= 15 is 0 Å².